The number of rotatable bonds is 3. The monoisotopic (exact) mass is 466 g/mol. The Labute approximate surface area is 185 Å². The first-order chi connectivity index (χ1) is 13.6. The van der Waals surface area contributed by atoms with Crippen LogP contribution in [0, 0.1) is 0 Å². The van der Waals surface area contributed by atoms with Crippen molar-refractivity contribution in [3.8, 4) is 0 Å². The molecule has 0 spiro atoms. The maximum absolute atomic E-state index is 6.32. The molecule has 0 aliphatic carbocycles. The third-order valence-electron chi connectivity index (χ3n) is 4.85. The number of anilines is 2. The van der Waals surface area contributed by atoms with Crippen LogP contribution in [0.4, 0.5) is 10.3 Å². The van der Waals surface area contributed by atoms with E-state index in [0.717, 1.165) is 52.2 Å². The molecule has 1 aliphatic rings. The molecule has 5 rings (SSSR count). The molecule has 1 fully saturated rings. The molecule has 2 aromatic heterocycles. The van der Waals surface area contributed by atoms with Crippen LogP contribution in [-0.4, -0.2) is 42.4 Å². The number of aromatic nitrogens is 2. The van der Waals surface area contributed by atoms with Gasteiger partial charge in [-0.15, -0.1) is 11.8 Å². The van der Waals surface area contributed by atoms with E-state index in [2.05, 4.69) is 34.3 Å². The van der Waals surface area contributed by atoms with E-state index in [4.69, 9.17) is 33.2 Å². The Morgan fingerprint density at radius 1 is 0.857 bits per heavy atom. The Kier molecular flexibility index (Phi) is 5.05. The van der Waals surface area contributed by atoms with Crippen LogP contribution in [0.2, 0.25) is 10.0 Å². The van der Waals surface area contributed by atoms with Crippen LogP contribution in [0.1, 0.15) is 0 Å². The lowest BCUT2D eigenvalue weighted by Gasteiger charge is -2.34. The lowest BCUT2D eigenvalue weighted by molar-refractivity contribution is 0.651. The molecule has 144 valence electrons. The molecule has 0 bridgehead atoms. The van der Waals surface area contributed by atoms with Gasteiger partial charge in [-0.3, -0.25) is 0 Å². The molecule has 28 heavy (non-hydrogen) atoms. The zero-order chi connectivity index (χ0) is 19.3. The van der Waals surface area contributed by atoms with E-state index in [1.54, 1.807) is 34.4 Å². The molecule has 3 heterocycles. The zero-order valence-corrected chi connectivity index (χ0v) is 18.9. The Morgan fingerprint density at radius 2 is 1.50 bits per heavy atom. The van der Waals surface area contributed by atoms with Crippen molar-refractivity contribution in [1.29, 1.82) is 0 Å². The highest BCUT2D eigenvalue weighted by molar-refractivity contribution is 7.98. The first kappa shape index (κ1) is 18.8. The SMILES string of the molecule is CSc1cccc2sc(N3CCN(c4nc5c(Cl)ccc(Cl)c5s4)CC3)nc12. The van der Waals surface area contributed by atoms with Crippen LogP contribution in [0.3, 0.4) is 0 Å². The second kappa shape index (κ2) is 7.54. The summed E-state index contributed by atoms with van der Waals surface area (Å²) in [6.07, 6.45) is 2.10. The molecule has 1 aliphatic heterocycles. The van der Waals surface area contributed by atoms with E-state index in [0.29, 0.717) is 10.0 Å². The first-order valence-electron chi connectivity index (χ1n) is 8.82. The number of thioether (sulfide) groups is 1. The summed E-state index contributed by atoms with van der Waals surface area (Å²) in [5.74, 6) is 0. The standard InChI is InChI=1S/C19H16Cl2N4S3/c1-26-13-3-2-4-14-16(13)23-18(27-14)24-7-9-25(10-8-24)19-22-15-11(20)5-6-12(21)17(15)28-19/h2-6H,7-10H2,1H3. The Hall–Kier alpha value is -1.25. The summed E-state index contributed by atoms with van der Waals surface area (Å²) in [6, 6.07) is 10.0. The highest BCUT2D eigenvalue weighted by Crippen LogP contribution is 2.38. The van der Waals surface area contributed by atoms with E-state index in [9.17, 15) is 0 Å². The normalized spacial score (nSPS) is 15.1. The number of piperazine rings is 1. The van der Waals surface area contributed by atoms with Crippen molar-refractivity contribution < 1.29 is 0 Å². The van der Waals surface area contributed by atoms with Gasteiger partial charge in [0.15, 0.2) is 10.3 Å². The minimum atomic E-state index is 0.652. The number of thiazole rings is 2. The van der Waals surface area contributed by atoms with E-state index in [1.807, 2.05) is 12.1 Å². The minimum absolute atomic E-state index is 0.652. The lowest BCUT2D eigenvalue weighted by atomic mass is 10.3. The third-order valence-corrected chi connectivity index (χ3v) is 8.58. The molecular weight excluding hydrogens is 451 g/mol. The fourth-order valence-corrected chi connectivity index (χ4v) is 6.61. The van der Waals surface area contributed by atoms with Crippen LogP contribution >= 0.6 is 57.6 Å². The number of benzene rings is 2. The zero-order valence-electron chi connectivity index (χ0n) is 15.0. The molecule has 0 radical (unpaired) electrons. The summed E-state index contributed by atoms with van der Waals surface area (Å²) in [6.45, 7) is 3.65. The predicted molar refractivity (Wildman–Crippen MR) is 125 cm³/mol. The summed E-state index contributed by atoms with van der Waals surface area (Å²) in [5, 5.41) is 3.45. The summed E-state index contributed by atoms with van der Waals surface area (Å²) < 4.78 is 2.21. The first-order valence-corrected chi connectivity index (χ1v) is 12.4. The third kappa shape index (κ3) is 3.23. The Bertz CT molecular complexity index is 1130. The second-order valence-corrected chi connectivity index (χ2v) is 10.1. The number of fused-ring (bicyclic) bond motifs is 2. The van der Waals surface area contributed by atoms with E-state index in [-0.39, 0.29) is 0 Å². The van der Waals surface area contributed by atoms with Gasteiger partial charge in [0.2, 0.25) is 0 Å². The van der Waals surface area contributed by atoms with Gasteiger partial charge in [0.05, 0.1) is 25.0 Å². The van der Waals surface area contributed by atoms with Crippen molar-refractivity contribution in [3.63, 3.8) is 0 Å². The molecule has 9 heteroatoms. The van der Waals surface area contributed by atoms with Gasteiger partial charge < -0.3 is 9.80 Å². The molecule has 0 N–H and O–H groups in total. The number of nitrogens with zero attached hydrogens (tertiary/aromatic N) is 4. The highest BCUT2D eigenvalue weighted by atomic mass is 35.5. The molecule has 1 saturated heterocycles. The fraction of sp³-hybridized carbons (Fsp3) is 0.263. The van der Waals surface area contributed by atoms with Crippen LogP contribution in [0.5, 0.6) is 0 Å². The van der Waals surface area contributed by atoms with Gasteiger partial charge in [-0.1, -0.05) is 51.9 Å². The van der Waals surface area contributed by atoms with Crippen LogP contribution in [-0.2, 0) is 0 Å². The molecule has 4 nitrogen and oxygen atoms in total. The average molecular weight is 467 g/mol. The van der Waals surface area contributed by atoms with Crippen LogP contribution in [0.25, 0.3) is 20.4 Å². The fourth-order valence-electron chi connectivity index (χ4n) is 3.37. The molecule has 0 amide bonds. The van der Waals surface area contributed by atoms with Crippen LogP contribution < -0.4 is 9.80 Å². The molecule has 4 aromatic rings. The highest BCUT2D eigenvalue weighted by Gasteiger charge is 2.23. The number of hydrogen-bond donors (Lipinski definition) is 0. The smallest absolute Gasteiger partial charge is 0.186 e. The molecule has 0 saturated carbocycles. The topological polar surface area (TPSA) is 32.3 Å². The maximum Gasteiger partial charge on any atom is 0.186 e. The number of halogens is 2. The quantitative estimate of drug-likeness (QED) is 0.332. The van der Waals surface area contributed by atoms with E-state index in [1.165, 1.54) is 9.60 Å². The largest absolute Gasteiger partial charge is 0.345 e. The van der Waals surface area contributed by atoms with Crippen molar-refractivity contribution in [3.05, 3.63) is 40.4 Å². The van der Waals surface area contributed by atoms with Gasteiger partial charge in [-0.2, -0.15) is 0 Å². The van der Waals surface area contributed by atoms with E-state index >= 15 is 0 Å². The minimum Gasteiger partial charge on any atom is -0.345 e. The van der Waals surface area contributed by atoms with Gasteiger partial charge in [0.1, 0.15) is 5.52 Å². The van der Waals surface area contributed by atoms with Crippen molar-refractivity contribution in [1.82, 2.24) is 9.97 Å². The number of para-hydroxylation sites is 1. The predicted octanol–water partition coefficient (Wildman–Crippen LogP) is 6.26. The summed E-state index contributed by atoms with van der Waals surface area (Å²) >= 11 is 17.8. The van der Waals surface area contributed by atoms with Crippen molar-refractivity contribution in [2.45, 2.75) is 4.90 Å². The molecule has 0 atom stereocenters. The summed E-state index contributed by atoms with van der Waals surface area (Å²) in [7, 11) is 0. The van der Waals surface area contributed by atoms with E-state index < -0.39 is 0 Å². The Balaban J connectivity index is 1.37. The van der Waals surface area contributed by atoms with Crippen molar-refractivity contribution in [2.24, 2.45) is 0 Å². The summed E-state index contributed by atoms with van der Waals surface area (Å²) in [4.78, 5) is 15.6. The maximum atomic E-state index is 6.32. The Morgan fingerprint density at radius 3 is 2.18 bits per heavy atom. The van der Waals surface area contributed by atoms with Gasteiger partial charge >= 0.3 is 0 Å². The van der Waals surface area contributed by atoms with Crippen molar-refractivity contribution in [2.75, 3.05) is 42.2 Å². The van der Waals surface area contributed by atoms with Gasteiger partial charge in [0, 0.05) is 31.1 Å². The van der Waals surface area contributed by atoms with Gasteiger partial charge in [0.25, 0.3) is 0 Å². The molecule has 0 unspecified atom stereocenters. The summed E-state index contributed by atoms with van der Waals surface area (Å²) in [5.41, 5.74) is 1.92. The van der Waals surface area contributed by atoms with Gasteiger partial charge in [-0.25, -0.2) is 9.97 Å². The molecular formula is C19H16Cl2N4S3. The average Bonchev–Trinajstić information content (AvgIpc) is 3.36. The lowest BCUT2D eigenvalue weighted by Crippen LogP contribution is -2.46. The van der Waals surface area contributed by atoms with Crippen LogP contribution in [0.15, 0.2) is 35.2 Å². The van der Waals surface area contributed by atoms with Crippen molar-refractivity contribution >= 4 is 88.3 Å². The number of hydrogen-bond acceptors (Lipinski definition) is 7. The molecule has 2 aromatic carbocycles. The van der Waals surface area contributed by atoms with Gasteiger partial charge in [-0.05, 0) is 30.5 Å². The second-order valence-electron chi connectivity index (χ2n) is 6.48.